The van der Waals surface area contributed by atoms with Crippen molar-refractivity contribution in [3.8, 4) is 0 Å². The molecule has 172 valence electrons. The van der Waals surface area contributed by atoms with Crippen LogP contribution in [0.25, 0.3) is 0 Å². The molecule has 0 aliphatic carbocycles. The fourth-order valence-electron chi connectivity index (χ4n) is 3.13. The summed E-state index contributed by atoms with van der Waals surface area (Å²) in [6, 6.07) is 12.7. The van der Waals surface area contributed by atoms with E-state index >= 15 is 0 Å². The van der Waals surface area contributed by atoms with Crippen LogP contribution >= 0.6 is 0 Å². The Morgan fingerprint density at radius 3 is 2.22 bits per heavy atom. The van der Waals surface area contributed by atoms with Crippen molar-refractivity contribution >= 4 is 27.6 Å². The number of hydrogen-bond donors (Lipinski definition) is 3. The molecule has 1 fully saturated rings. The summed E-state index contributed by atoms with van der Waals surface area (Å²) in [5.74, 6) is -0.270. The summed E-state index contributed by atoms with van der Waals surface area (Å²) < 4.78 is 32.0. The van der Waals surface area contributed by atoms with Crippen molar-refractivity contribution in [1.29, 1.82) is 0 Å². The Hall–Kier alpha value is -2.95. The van der Waals surface area contributed by atoms with Crippen LogP contribution in [0.2, 0.25) is 0 Å². The van der Waals surface area contributed by atoms with E-state index < -0.39 is 10.0 Å². The normalized spacial score (nSPS) is 14.7. The lowest BCUT2D eigenvalue weighted by Crippen LogP contribution is -2.40. The number of anilines is 1. The van der Waals surface area contributed by atoms with Crippen LogP contribution in [0.15, 0.2) is 53.4 Å². The topological polar surface area (TPSA) is 117 Å². The van der Waals surface area contributed by atoms with Gasteiger partial charge in [-0.3, -0.25) is 4.79 Å². The van der Waals surface area contributed by atoms with Crippen LogP contribution in [-0.4, -0.2) is 57.0 Å². The van der Waals surface area contributed by atoms with Gasteiger partial charge < -0.3 is 20.7 Å². The number of rotatable bonds is 7. The number of hydrogen-bond acceptors (Lipinski definition) is 5. The monoisotopic (exact) mass is 460 g/mol. The Labute approximate surface area is 188 Å². The largest absolute Gasteiger partial charge is 0.379 e. The van der Waals surface area contributed by atoms with Crippen LogP contribution < -0.4 is 16.0 Å². The number of urea groups is 1. The molecule has 0 aromatic heterocycles. The quantitative estimate of drug-likeness (QED) is 0.586. The van der Waals surface area contributed by atoms with E-state index in [9.17, 15) is 18.0 Å². The van der Waals surface area contributed by atoms with Gasteiger partial charge >= 0.3 is 6.03 Å². The molecular formula is C22H28N4O5S. The molecule has 0 radical (unpaired) electrons. The van der Waals surface area contributed by atoms with Gasteiger partial charge in [-0.15, -0.1) is 0 Å². The summed E-state index contributed by atoms with van der Waals surface area (Å²) in [4.78, 5) is 24.4. The van der Waals surface area contributed by atoms with Crippen molar-refractivity contribution in [2.75, 3.05) is 31.6 Å². The Morgan fingerprint density at radius 1 is 1.00 bits per heavy atom. The molecule has 0 saturated carbocycles. The van der Waals surface area contributed by atoms with E-state index in [0.717, 1.165) is 5.56 Å². The van der Waals surface area contributed by atoms with Crippen molar-refractivity contribution in [3.63, 3.8) is 0 Å². The Balaban J connectivity index is 1.54. The lowest BCUT2D eigenvalue weighted by molar-refractivity contribution is 0.0730. The standard InChI is InChI=1S/C22H28N4O5S/c1-16(2)24-22(28)25-19-7-5-18(6-8-19)21(27)23-15-17-3-9-20(10-4-17)32(29,30)26-11-13-31-14-12-26/h3-10,16H,11-15H2,1-2H3,(H,23,27)(H2,24,25,28). The lowest BCUT2D eigenvalue weighted by atomic mass is 10.1. The first-order valence-electron chi connectivity index (χ1n) is 10.4. The first-order valence-corrected chi connectivity index (χ1v) is 11.8. The number of carbonyl (C=O) groups is 2. The SMILES string of the molecule is CC(C)NC(=O)Nc1ccc(C(=O)NCc2ccc(S(=O)(=O)N3CCOCC3)cc2)cc1. The average molecular weight is 461 g/mol. The summed E-state index contributed by atoms with van der Waals surface area (Å²) in [7, 11) is -3.54. The predicted molar refractivity (Wildman–Crippen MR) is 121 cm³/mol. The molecule has 2 aromatic carbocycles. The van der Waals surface area contributed by atoms with Gasteiger partial charge in [0.05, 0.1) is 18.1 Å². The maximum atomic E-state index is 12.7. The van der Waals surface area contributed by atoms with Crippen LogP contribution in [0.1, 0.15) is 29.8 Å². The fourth-order valence-corrected chi connectivity index (χ4v) is 4.54. The molecule has 10 heteroatoms. The van der Waals surface area contributed by atoms with Crippen LogP contribution in [0.3, 0.4) is 0 Å². The summed E-state index contributed by atoms with van der Waals surface area (Å²) in [5, 5.41) is 8.23. The van der Waals surface area contributed by atoms with Gasteiger partial charge in [0.1, 0.15) is 0 Å². The second-order valence-electron chi connectivity index (χ2n) is 7.67. The van der Waals surface area contributed by atoms with E-state index in [-0.39, 0.29) is 29.4 Å². The number of ether oxygens (including phenoxy) is 1. The predicted octanol–water partition coefficient (Wildman–Crippen LogP) is 2.17. The number of sulfonamides is 1. The summed E-state index contributed by atoms with van der Waals surface area (Å²) >= 11 is 0. The molecule has 1 aliphatic heterocycles. The number of benzene rings is 2. The van der Waals surface area contributed by atoms with Gasteiger partial charge in [0.2, 0.25) is 10.0 Å². The van der Waals surface area contributed by atoms with Crippen molar-refractivity contribution in [3.05, 3.63) is 59.7 Å². The molecule has 1 heterocycles. The molecule has 1 aliphatic rings. The van der Waals surface area contributed by atoms with Gasteiger partial charge in [-0.1, -0.05) is 12.1 Å². The molecule has 0 spiro atoms. The fraction of sp³-hybridized carbons (Fsp3) is 0.364. The highest BCUT2D eigenvalue weighted by molar-refractivity contribution is 7.89. The van der Waals surface area contributed by atoms with Crippen LogP contribution in [-0.2, 0) is 21.3 Å². The molecule has 3 rings (SSSR count). The molecule has 0 bridgehead atoms. The third kappa shape index (κ3) is 6.28. The van der Waals surface area contributed by atoms with Gasteiger partial charge in [0.25, 0.3) is 5.91 Å². The molecule has 3 amide bonds. The smallest absolute Gasteiger partial charge is 0.319 e. The second kappa shape index (κ2) is 10.6. The Bertz CT molecular complexity index is 1030. The number of amides is 3. The Kier molecular flexibility index (Phi) is 7.84. The first-order chi connectivity index (χ1) is 15.3. The summed E-state index contributed by atoms with van der Waals surface area (Å²) in [5.41, 5.74) is 1.81. The Morgan fingerprint density at radius 2 is 1.62 bits per heavy atom. The number of nitrogens with one attached hydrogen (secondary N) is 3. The molecule has 2 aromatic rings. The zero-order valence-corrected chi connectivity index (χ0v) is 18.9. The first kappa shape index (κ1) is 23.7. The summed E-state index contributed by atoms with van der Waals surface area (Å²) in [6.07, 6.45) is 0. The highest BCUT2D eigenvalue weighted by Crippen LogP contribution is 2.18. The van der Waals surface area contributed by atoms with Gasteiger partial charge in [-0.05, 0) is 55.8 Å². The van der Waals surface area contributed by atoms with E-state index in [1.54, 1.807) is 48.5 Å². The van der Waals surface area contributed by atoms with E-state index in [4.69, 9.17) is 4.74 Å². The van der Waals surface area contributed by atoms with Gasteiger partial charge in [0.15, 0.2) is 0 Å². The van der Waals surface area contributed by atoms with Crippen molar-refractivity contribution in [2.45, 2.75) is 31.3 Å². The third-order valence-electron chi connectivity index (χ3n) is 4.81. The van der Waals surface area contributed by atoms with E-state index in [0.29, 0.717) is 37.6 Å². The number of nitrogens with zero attached hydrogens (tertiary/aromatic N) is 1. The summed E-state index contributed by atoms with van der Waals surface area (Å²) in [6.45, 7) is 5.46. The molecule has 0 unspecified atom stereocenters. The third-order valence-corrected chi connectivity index (χ3v) is 6.72. The second-order valence-corrected chi connectivity index (χ2v) is 9.61. The molecule has 0 atom stereocenters. The number of morpholine rings is 1. The van der Waals surface area contributed by atoms with Crippen LogP contribution in [0, 0.1) is 0 Å². The molecule has 1 saturated heterocycles. The minimum Gasteiger partial charge on any atom is -0.379 e. The molecule has 3 N–H and O–H groups in total. The van der Waals surface area contributed by atoms with Gasteiger partial charge in [-0.2, -0.15) is 4.31 Å². The van der Waals surface area contributed by atoms with Gasteiger partial charge in [-0.25, -0.2) is 13.2 Å². The zero-order chi connectivity index (χ0) is 23.1. The van der Waals surface area contributed by atoms with Crippen LogP contribution in [0.5, 0.6) is 0 Å². The number of carbonyl (C=O) groups excluding carboxylic acids is 2. The molecular weight excluding hydrogens is 432 g/mol. The van der Waals surface area contributed by atoms with Gasteiger partial charge in [0, 0.05) is 36.9 Å². The van der Waals surface area contributed by atoms with Crippen LogP contribution in [0.4, 0.5) is 10.5 Å². The minimum absolute atomic E-state index is 0.0218. The maximum absolute atomic E-state index is 12.7. The molecule has 9 nitrogen and oxygen atoms in total. The van der Waals surface area contributed by atoms with E-state index in [1.165, 1.54) is 4.31 Å². The van der Waals surface area contributed by atoms with Crippen molar-refractivity contribution < 1.29 is 22.7 Å². The van der Waals surface area contributed by atoms with Crippen molar-refractivity contribution in [2.24, 2.45) is 0 Å². The highest BCUT2D eigenvalue weighted by Gasteiger charge is 2.26. The average Bonchev–Trinajstić information content (AvgIpc) is 2.78. The van der Waals surface area contributed by atoms with Crippen molar-refractivity contribution in [1.82, 2.24) is 14.9 Å². The molecule has 32 heavy (non-hydrogen) atoms. The lowest BCUT2D eigenvalue weighted by Gasteiger charge is -2.26. The van der Waals surface area contributed by atoms with E-state index in [1.807, 2.05) is 13.8 Å². The maximum Gasteiger partial charge on any atom is 0.319 e. The zero-order valence-electron chi connectivity index (χ0n) is 18.1. The minimum atomic E-state index is -3.54. The highest BCUT2D eigenvalue weighted by atomic mass is 32.2. The van der Waals surface area contributed by atoms with E-state index in [2.05, 4.69) is 16.0 Å².